The van der Waals surface area contributed by atoms with Crippen molar-refractivity contribution in [3.8, 4) is 5.75 Å². The average Bonchev–Trinajstić information content (AvgIpc) is 2.32. The Morgan fingerprint density at radius 3 is 2.56 bits per heavy atom. The van der Waals surface area contributed by atoms with Gasteiger partial charge in [0.2, 0.25) is 5.91 Å². The second-order valence-electron chi connectivity index (χ2n) is 4.47. The van der Waals surface area contributed by atoms with Crippen molar-refractivity contribution in [2.45, 2.75) is 33.2 Å². The highest BCUT2D eigenvalue weighted by atomic mass is 16.5. The Morgan fingerprint density at radius 1 is 1.39 bits per heavy atom. The monoisotopic (exact) mass is 251 g/mol. The van der Waals surface area contributed by atoms with Crippen LogP contribution < -0.4 is 10.1 Å². The lowest BCUT2D eigenvalue weighted by Crippen LogP contribution is -2.35. The third-order valence-electron chi connectivity index (χ3n) is 2.67. The zero-order valence-corrected chi connectivity index (χ0v) is 11.2. The predicted molar refractivity (Wildman–Crippen MR) is 70.7 cm³/mol. The molecule has 0 fully saturated rings. The highest BCUT2D eigenvalue weighted by Crippen LogP contribution is 2.22. The van der Waals surface area contributed by atoms with Gasteiger partial charge in [0.25, 0.3) is 0 Å². The molecule has 18 heavy (non-hydrogen) atoms. The minimum atomic E-state index is -0.210. The Balaban J connectivity index is 2.40. The number of rotatable bonds is 6. The van der Waals surface area contributed by atoms with Crippen LogP contribution in [0.2, 0.25) is 0 Å². The van der Waals surface area contributed by atoms with Gasteiger partial charge in [-0.15, -0.1) is 0 Å². The number of carbonyl (C=O) groups excluding carboxylic acids is 1. The van der Waals surface area contributed by atoms with Crippen LogP contribution in [0.3, 0.4) is 0 Å². The zero-order chi connectivity index (χ0) is 13.5. The molecule has 2 N–H and O–H groups in total. The summed E-state index contributed by atoms with van der Waals surface area (Å²) in [6.07, 6.45) is 0.290. The molecule has 0 aromatic heterocycles. The first-order valence-corrected chi connectivity index (χ1v) is 6.13. The zero-order valence-electron chi connectivity index (χ0n) is 11.2. The van der Waals surface area contributed by atoms with Crippen molar-refractivity contribution >= 4 is 5.91 Å². The molecule has 0 saturated heterocycles. The first kappa shape index (κ1) is 14.5. The smallest absolute Gasteiger partial charge is 0.223 e. The molecule has 1 aromatic carbocycles. The van der Waals surface area contributed by atoms with E-state index in [-0.39, 0.29) is 25.0 Å². The number of aliphatic hydroxyl groups is 1. The minimum Gasteiger partial charge on any atom is -0.493 e. The quantitative estimate of drug-likeness (QED) is 0.807. The standard InChI is InChI=1S/C14H21NO3/c1-10-5-4-6-11(2)14(10)18-8-7-13(17)15-12(3)9-16/h4-6,12,16H,7-9H2,1-3H3,(H,15,17)/t12-/m0/s1. The number of nitrogens with one attached hydrogen (secondary N) is 1. The summed E-state index contributed by atoms with van der Waals surface area (Å²) in [5.41, 5.74) is 2.14. The SMILES string of the molecule is Cc1cccc(C)c1OCCC(=O)N[C@@H](C)CO. The van der Waals surface area contributed by atoms with E-state index in [1.807, 2.05) is 32.0 Å². The van der Waals surface area contributed by atoms with Crippen molar-refractivity contribution < 1.29 is 14.6 Å². The van der Waals surface area contributed by atoms with E-state index in [9.17, 15) is 4.79 Å². The van der Waals surface area contributed by atoms with Crippen LogP contribution >= 0.6 is 0 Å². The fraction of sp³-hybridized carbons (Fsp3) is 0.500. The average molecular weight is 251 g/mol. The lowest BCUT2D eigenvalue weighted by atomic mass is 10.1. The van der Waals surface area contributed by atoms with E-state index in [1.54, 1.807) is 6.92 Å². The van der Waals surface area contributed by atoms with Gasteiger partial charge < -0.3 is 15.2 Å². The van der Waals surface area contributed by atoms with Crippen LogP contribution in [0.15, 0.2) is 18.2 Å². The summed E-state index contributed by atoms with van der Waals surface area (Å²) >= 11 is 0. The molecule has 1 atom stereocenters. The van der Waals surface area contributed by atoms with E-state index < -0.39 is 0 Å². The Hall–Kier alpha value is -1.55. The molecule has 1 aromatic rings. The first-order valence-electron chi connectivity index (χ1n) is 6.13. The highest BCUT2D eigenvalue weighted by molar-refractivity contribution is 5.76. The normalized spacial score (nSPS) is 12.0. The molecule has 0 spiro atoms. The van der Waals surface area contributed by atoms with Gasteiger partial charge in [-0.25, -0.2) is 0 Å². The fourth-order valence-electron chi connectivity index (χ4n) is 1.67. The number of aryl methyl sites for hydroxylation is 2. The summed E-state index contributed by atoms with van der Waals surface area (Å²) in [7, 11) is 0. The molecule has 0 heterocycles. The number of ether oxygens (including phenoxy) is 1. The molecule has 0 aliphatic carbocycles. The third kappa shape index (κ3) is 4.37. The van der Waals surface area contributed by atoms with Crippen LogP contribution in [0.5, 0.6) is 5.75 Å². The van der Waals surface area contributed by atoms with Gasteiger partial charge in [0, 0.05) is 6.04 Å². The number of aliphatic hydroxyl groups excluding tert-OH is 1. The first-order chi connectivity index (χ1) is 8.54. The van der Waals surface area contributed by atoms with Crippen LogP contribution in [-0.4, -0.2) is 30.3 Å². The van der Waals surface area contributed by atoms with E-state index in [0.717, 1.165) is 16.9 Å². The molecule has 4 nitrogen and oxygen atoms in total. The Kier molecular flexibility index (Phi) is 5.65. The van der Waals surface area contributed by atoms with E-state index in [0.29, 0.717) is 6.61 Å². The van der Waals surface area contributed by atoms with Gasteiger partial charge >= 0.3 is 0 Å². The van der Waals surface area contributed by atoms with Crippen molar-refractivity contribution in [1.29, 1.82) is 0 Å². The number of hydrogen-bond acceptors (Lipinski definition) is 3. The van der Waals surface area contributed by atoms with Crippen molar-refractivity contribution in [2.75, 3.05) is 13.2 Å². The van der Waals surface area contributed by atoms with Gasteiger partial charge in [0.05, 0.1) is 19.6 Å². The molecule has 1 amide bonds. The van der Waals surface area contributed by atoms with E-state index in [1.165, 1.54) is 0 Å². The van der Waals surface area contributed by atoms with Crippen molar-refractivity contribution in [1.82, 2.24) is 5.32 Å². The molecule has 100 valence electrons. The Bertz CT molecular complexity index is 384. The Labute approximate surface area is 108 Å². The predicted octanol–water partition coefficient (Wildman–Crippen LogP) is 1.57. The highest BCUT2D eigenvalue weighted by Gasteiger charge is 2.07. The third-order valence-corrected chi connectivity index (χ3v) is 2.67. The van der Waals surface area contributed by atoms with Crippen LogP contribution in [0, 0.1) is 13.8 Å². The van der Waals surface area contributed by atoms with Gasteiger partial charge in [-0.05, 0) is 31.9 Å². The summed E-state index contributed by atoms with van der Waals surface area (Å²) < 4.78 is 5.63. The fourth-order valence-corrected chi connectivity index (χ4v) is 1.67. The number of para-hydroxylation sites is 1. The van der Waals surface area contributed by atoms with E-state index in [2.05, 4.69) is 5.32 Å². The maximum atomic E-state index is 11.5. The van der Waals surface area contributed by atoms with Crippen LogP contribution in [0.4, 0.5) is 0 Å². The summed E-state index contributed by atoms with van der Waals surface area (Å²) in [5.74, 6) is 0.739. The van der Waals surface area contributed by atoms with Crippen LogP contribution in [0.1, 0.15) is 24.5 Å². The van der Waals surface area contributed by atoms with E-state index >= 15 is 0 Å². The van der Waals surface area contributed by atoms with Crippen molar-refractivity contribution in [3.63, 3.8) is 0 Å². The number of hydrogen-bond donors (Lipinski definition) is 2. The van der Waals surface area contributed by atoms with Gasteiger partial charge in [-0.3, -0.25) is 4.79 Å². The Morgan fingerprint density at radius 2 is 2.00 bits per heavy atom. The summed E-state index contributed by atoms with van der Waals surface area (Å²) in [5, 5.41) is 11.5. The van der Waals surface area contributed by atoms with Crippen LogP contribution in [-0.2, 0) is 4.79 Å². The maximum absolute atomic E-state index is 11.5. The van der Waals surface area contributed by atoms with Gasteiger partial charge in [0.1, 0.15) is 5.75 Å². The molecular formula is C14H21NO3. The molecule has 0 aliphatic rings. The van der Waals surface area contributed by atoms with Gasteiger partial charge in [-0.1, -0.05) is 18.2 Å². The van der Waals surface area contributed by atoms with Crippen LogP contribution in [0.25, 0.3) is 0 Å². The van der Waals surface area contributed by atoms with Crippen molar-refractivity contribution in [3.05, 3.63) is 29.3 Å². The lowest BCUT2D eigenvalue weighted by molar-refractivity contribution is -0.122. The summed E-state index contributed by atoms with van der Waals surface area (Å²) in [6.45, 7) is 6.01. The van der Waals surface area contributed by atoms with E-state index in [4.69, 9.17) is 9.84 Å². The summed E-state index contributed by atoms with van der Waals surface area (Å²) in [6, 6.07) is 5.73. The molecular weight excluding hydrogens is 230 g/mol. The topological polar surface area (TPSA) is 58.6 Å². The van der Waals surface area contributed by atoms with Gasteiger partial charge in [0.15, 0.2) is 0 Å². The molecule has 1 rings (SSSR count). The molecule has 0 saturated carbocycles. The molecule has 0 bridgehead atoms. The summed E-state index contributed by atoms with van der Waals surface area (Å²) in [4.78, 5) is 11.5. The van der Waals surface area contributed by atoms with Crippen molar-refractivity contribution in [2.24, 2.45) is 0 Å². The number of amides is 1. The molecule has 0 radical (unpaired) electrons. The lowest BCUT2D eigenvalue weighted by Gasteiger charge is -2.13. The maximum Gasteiger partial charge on any atom is 0.223 e. The second-order valence-corrected chi connectivity index (χ2v) is 4.47. The second kappa shape index (κ2) is 7.01. The largest absolute Gasteiger partial charge is 0.493 e. The molecule has 4 heteroatoms. The molecule has 0 aliphatic heterocycles. The minimum absolute atomic E-state index is 0.0521. The number of carbonyl (C=O) groups is 1. The number of benzene rings is 1. The van der Waals surface area contributed by atoms with Gasteiger partial charge in [-0.2, -0.15) is 0 Å². The molecule has 0 unspecified atom stereocenters.